The van der Waals surface area contributed by atoms with Crippen molar-refractivity contribution in [2.75, 3.05) is 18.4 Å². The van der Waals surface area contributed by atoms with Gasteiger partial charge in [0.15, 0.2) is 0 Å². The highest BCUT2D eigenvalue weighted by Gasteiger charge is 2.61. The van der Waals surface area contributed by atoms with Crippen molar-refractivity contribution in [2.24, 2.45) is 11.8 Å². The maximum atomic E-state index is 14.5. The average Bonchev–Trinajstić information content (AvgIpc) is 4.03. The van der Waals surface area contributed by atoms with E-state index in [2.05, 4.69) is 27.3 Å². The number of para-hydroxylation sites is 1. The number of hydrogen-bond acceptors (Lipinski definition) is 9. The standard InChI is InChI=1S/C41H51FN6O8S/c1-2-28-22-41(28)39(52)46-57(54,55)35-15-8-7-14-33(35)43-18-9-5-3-4-6-12-29(44-36(49)19-26-16-17-26)20-37(50)48-24-30(21-34(48)38(51)45-41)56-40(53)47-23-27-11-10-13-32(42)31(27)25-47/h2,7-8,10-11,13-15,26,28-30,34,43H,1,3-6,9,12,16-25H2,(H,44,49)(H,45,51)(H,46,52)/t28-,29?,30+,34-,41-/m0/s1. The number of hydrogen-bond donors (Lipinski definition) is 4. The average molecular weight is 807 g/mol. The van der Waals surface area contributed by atoms with Crippen molar-refractivity contribution in [3.8, 4) is 0 Å². The summed E-state index contributed by atoms with van der Waals surface area (Å²) in [6.07, 6.45) is 6.73. The van der Waals surface area contributed by atoms with Gasteiger partial charge in [0.1, 0.15) is 28.4 Å². The quantitative estimate of drug-likeness (QED) is 0.321. The maximum Gasteiger partial charge on any atom is 0.410 e. The number of anilines is 1. The van der Waals surface area contributed by atoms with Crippen LogP contribution in [0, 0.1) is 17.7 Å². The number of carbonyl (C=O) groups excluding carboxylic acids is 5. The number of benzene rings is 2. The molecule has 3 aliphatic heterocycles. The Morgan fingerprint density at radius 3 is 2.53 bits per heavy atom. The molecule has 5 amide bonds. The van der Waals surface area contributed by atoms with E-state index in [1.165, 1.54) is 28.0 Å². The zero-order valence-corrected chi connectivity index (χ0v) is 32.8. The van der Waals surface area contributed by atoms with Gasteiger partial charge in [0, 0.05) is 49.9 Å². The lowest BCUT2D eigenvalue weighted by Gasteiger charge is -2.28. The number of fused-ring (bicyclic) bond motifs is 3. The topological polar surface area (TPSA) is 183 Å². The molecule has 14 nitrogen and oxygen atoms in total. The number of sulfonamides is 1. The van der Waals surface area contributed by atoms with E-state index >= 15 is 0 Å². The smallest absolute Gasteiger partial charge is 0.410 e. The van der Waals surface area contributed by atoms with Gasteiger partial charge in [-0.25, -0.2) is 22.3 Å². The minimum Gasteiger partial charge on any atom is -0.444 e. The number of nitrogens with one attached hydrogen (secondary N) is 4. The molecule has 0 bridgehead atoms. The van der Waals surface area contributed by atoms with E-state index in [0.717, 1.165) is 44.9 Å². The summed E-state index contributed by atoms with van der Waals surface area (Å²) >= 11 is 0. The zero-order valence-electron chi connectivity index (χ0n) is 32.0. The SMILES string of the molecule is C=C[C@H]1C[C@]12NC(=O)[C@@H]1C[C@@H](OC(=O)N3Cc4cccc(F)c4C3)CN1C(=O)CC(NC(=O)CC1CC1)CCCCCCCNc1ccccc1S(=O)(=O)NC2=O. The van der Waals surface area contributed by atoms with Crippen LogP contribution < -0.4 is 20.7 Å². The fourth-order valence-electron chi connectivity index (χ4n) is 8.28. The molecule has 0 radical (unpaired) electrons. The maximum absolute atomic E-state index is 14.5. The molecular formula is C41H51FN6O8S. The normalized spacial score (nSPS) is 28.1. The number of rotatable bonds is 5. The van der Waals surface area contributed by atoms with Gasteiger partial charge in [0.25, 0.3) is 15.9 Å². The summed E-state index contributed by atoms with van der Waals surface area (Å²) in [7, 11) is -4.40. The first kappa shape index (κ1) is 40.2. The summed E-state index contributed by atoms with van der Waals surface area (Å²) in [5.74, 6) is -2.91. The summed E-state index contributed by atoms with van der Waals surface area (Å²) in [5.41, 5.74) is -0.271. The molecule has 3 fully saturated rings. The molecule has 306 valence electrons. The van der Waals surface area contributed by atoms with Crippen molar-refractivity contribution in [3.05, 3.63) is 72.1 Å². The van der Waals surface area contributed by atoms with E-state index < -0.39 is 69.3 Å². The summed E-state index contributed by atoms with van der Waals surface area (Å²) in [6, 6.07) is 9.23. The Hall–Kier alpha value is -4.99. The lowest BCUT2D eigenvalue weighted by atomic mass is 10.0. The molecule has 7 rings (SSSR count). The van der Waals surface area contributed by atoms with Crippen LogP contribution in [0.1, 0.15) is 88.2 Å². The van der Waals surface area contributed by atoms with Crippen LogP contribution >= 0.6 is 0 Å². The molecule has 1 spiro atoms. The third-order valence-corrected chi connectivity index (χ3v) is 13.2. The number of amides is 5. The van der Waals surface area contributed by atoms with Crippen molar-refractivity contribution in [3.63, 3.8) is 0 Å². The van der Waals surface area contributed by atoms with E-state index in [1.54, 1.807) is 30.3 Å². The van der Waals surface area contributed by atoms with Gasteiger partial charge in [0.05, 0.1) is 18.8 Å². The Morgan fingerprint density at radius 1 is 1.00 bits per heavy atom. The minimum atomic E-state index is -4.40. The Kier molecular flexibility index (Phi) is 11.9. The molecule has 2 aromatic carbocycles. The van der Waals surface area contributed by atoms with Gasteiger partial charge in [-0.1, -0.05) is 56.0 Å². The first-order valence-corrected chi connectivity index (χ1v) is 21.5. The molecule has 16 heteroatoms. The van der Waals surface area contributed by atoms with Crippen molar-refractivity contribution < 1.29 is 41.5 Å². The van der Waals surface area contributed by atoms with Crippen molar-refractivity contribution >= 4 is 45.4 Å². The predicted molar refractivity (Wildman–Crippen MR) is 207 cm³/mol. The third kappa shape index (κ3) is 9.26. The molecule has 2 aliphatic carbocycles. The van der Waals surface area contributed by atoms with Gasteiger partial charge in [-0.3, -0.25) is 24.1 Å². The van der Waals surface area contributed by atoms with Crippen molar-refractivity contribution in [1.29, 1.82) is 0 Å². The molecular weight excluding hydrogens is 756 g/mol. The van der Waals surface area contributed by atoms with Gasteiger partial charge >= 0.3 is 6.09 Å². The van der Waals surface area contributed by atoms with Gasteiger partial charge in [-0.05, 0) is 61.8 Å². The fraction of sp³-hybridized carbons (Fsp3) is 0.537. The van der Waals surface area contributed by atoms with E-state index in [9.17, 15) is 36.8 Å². The van der Waals surface area contributed by atoms with Crippen LogP contribution in [0.4, 0.5) is 14.9 Å². The molecule has 2 saturated carbocycles. The summed E-state index contributed by atoms with van der Waals surface area (Å²) in [6.45, 7) is 4.30. The summed E-state index contributed by atoms with van der Waals surface area (Å²) < 4.78 is 49.9. The van der Waals surface area contributed by atoms with Crippen LogP contribution in [0.2, 0.25) is 0 Å². The highest BCUT2D eigenvalue weighted by atomic mass is 32.2. The van der Waals surface area contributed by atoms with Gasteiger partial charge in [0.2, 0.25) is 17.7 Å². The second-order valence-electron chi connectivity index (χ2n) is 16.1. The number of nitrogens with zero attached hydrogens (tertiary/aromatic N) is 2. The molecule has 4 N–H and O–H groups in total. The first-order chi connectivity index (χ1) is 27.4. The Morgan fingerprint density at radius 2 is 1.77 bits per heavy atom. The number of carbonyl (C=O) groups is 5. The van der Waals surface area contributed by atoms with Gasteiger partial charge in [-0.2, -0.15) is 0 Å². The molecule has 2 aromatic rings. The Bertz CT molecular complexity index is 2030. The molecule has 5 atom stereocenters. The second-order valence-corrected chi connectivity index (χ2v) is 17.7. The molecule has 1 unspecified atom stereocenters. The van der Waals surface area contributed by atoms with Crippen LogP contribution in [-0.4, -0.2) is 84.8 Å². The largest absolute Gasteiger partial charge is 0.444 e. The monoisotopic (exact) mass is 806 g/mol. The molecule has 3 heterocycles. The van der Waals surface area contributed by atoms with E-state index in [4.69, 9.17) is 4.74 Å². The third-order valence-electron chi connectivity index (χ3n) is 11.8. The Labute approximate surface area is 332 Å². The van der Waals surface area contributed by atoms with Gasteiger partial charge < -0.3 is 25.6 Å². The van der Waals surface area contributed by atoms with Crippen LogP contribution in [-0.2, 0) is 47.0 Å². The fourth-order valence-corrected chi connectivity index (χ4v) is 9.50. The minimum absolute atomic E-state index is 0.00632. The Balaban J connectivity index is 1.14. The molecule has 57 heavy (non-hydrogen) atoms. The predicted octanol–water partition coefficient (Wildman–Crippen LogP) is 4.25. The van der Waals surface area contributed by atoms with Crippen LogP contribution in [0.15, 0.2) is 60.0 Å². The lowest BCUT2D eigenvalue weighted by Crippen LogP contribution is -2.56. The van der Waals surface area contributed by atoms with Crippen LogP contribution in [0.3, 0.4) is 0 Å². The van der Waals surface area contributed by atoms with Crippen LogP contribution in [0.25, 0.3) is 0 Å². The van der Waals surface area contributed by atoms with E-state index in [-0.39, 0.29) is 49.7 Å². The van der Waals surface area contributed by atoms with Crippen molar-refractivity contribution in [1.82, 2.24) is 25.2 Å². The first-order valence-electron chi connectivity index (χ1n) is 20.0. The molecule has 1 saturated heterocycles. The second kappa shape index (κ2) is 16.9. The van der Waals surface area contributed by atoms with Crippen LogP contribution in [0.5, 0.6) is 0 Å². The van der Waals surface area contributed by atoms with E-state index in [0.29, 0.717) is 42.1 Å². The lowest BCUT2D eigenvalue weighted by molar-refractivity contribution is -0.140. The zero-order chi connectivity index (χ0) is 40.3. The van der Waals surface area contributed by atoms with Gasteiger partial charge in [-0.15, -0.1) is 6.58 Å². The molecule has 0 aromatic heterocycles. The van der Waals surface area contributed by atoms with E-state index in [1.807, 2.05) is 0 Å². The number of halogens is 1. The summed E-state index contributed by atoms with van der Waals surface area (Å²) in [4.78, 5) is 71.4. The highest BCUT2D eigenvalue weighted by Crippen LogP contribution is 2.45. The molecule has 5 aliphatic rings. The summed E-state index contributed by atoms with van der Waals surface area (Å²) in [5, 5.41) is 9.02. The highest BCUT2D eigenvalue weighted by molar-refractivity contribution is 7.90. The van der Waals surface area contributed by atoms with Crippen molar-refractivity contribution in [2.45, 2.75) is 119 Å². The number of ether oxygens (including phenoxy) is 1.